The van der Waals surface area contributed by atoms with Gasteiger partial charge in [-0.1, -0.05) is 68.2 Å². The fraction of sp³-hybridized carbons (Fsp3) is 0.192. The van der Waals surface area contributed by atoms with E-state index < -0.39 is 5.97 Å². The summed E-state index contributed by atoms with van der Waals surface area (Å²) in [5, 5.41) is 9.03. The van der Waals surface area contributed by atoms with Gasteiger partial charge >= 0.3 is 5.97 Å². The van der Waals surface area contributed by atoms with Crippen LogP contribution in [0.25, 0.3) is 17.4 Å². The van der Waals surface area contributed by atoms with Crippen LogP contribution in [0.5, 0.6) is 5.75 Å². The lowest BCUT2D eigenvalue weighted by atomic mass is 10.1. The average Bonchev–Trinajstić information content (AvgIpc) is 3.33. The van der Waals surface area contributed by atoms with Gasteiger partial charge in [0.05, 0.1) is 17.6 Å². The molecular weight excluding hydrogens is 470 g/mol. The zero-order valence-electron chi connectivity index (χ0n) is 19.5. The third-order valence-corrected chi connectivity index (χ3v) is 5.58. The number of methoxy groups -OCH3 is 1. The zero-order valence-corrected chi connectivity index (χ0v) is 21.1. The highest BCUT2D eigenvalue weighted by molar-refractivity contribution is 8.24. The molecule has 0 aliphatic carbocycles. The van der Waals surface area contributed by atoms with Crippen LogP contribution in [-0.4, -0.2) is 40.7 Å². The van der Waals surface area contributed by atoms with Crippen molar-refractivity contribution in [1.82, 2.24) is 4.90 Å². The Morgan fingerprint density at radius 1 is 1.09 bits per heavy atom. The lowest BCUT2D eigenvalue weighted by molar-refractivity contribution is -0.125. The molecule has 0 bridgehead atoms. The number of carboxylic acid groups (broad SMARTS) is 1. The largest absolute Gasteiger partial charge is 0.496 e. The predicted octanol–water partition coefficient (Wildman–Crippen LogP) is 6.37. The highest BCUT2D eigenvalue weighted by Crippen LogP contribution is 2.27. The number of hydrogen-bond acceptors (Lipinski definition) is 6. The van der Waals surface area contributed by atoms with Crippen molar-refractivity contribution in [1.29, 1.82) is 0 Å². The summed E-state index contributed by atoms with van der Waals surface area (Å²) in [4.78, 5) is 26.1. The van der Waals surface area contributed by atoms with Crippen molar-refractivity contribution in [3.8, 4) is 17.1 Å². The van der Waals surface area contributed by atoms with E-state index in [4.69, 9.17) is 26.5 Å². The number of benzene rings is 2. The first-order valence-corrected chi connectivity index (χ1v) is 11.9. The van der Waals surface area contributed by atoms with Gasteiger partial charge in [0.15, 0.2) is 0 Å². The van der Waals surface area contributed by atoms with E-state index in [1.165, 1.54) is 16.8 Å². The zero-order chi connectivity index (χ0) is 25.1. The van der Waals surface area contributed by atoms with Gasteiger partial charge in [0.25, 0.3) is 5.91 Å². The summed E-state index contributed by atoms with van der Waals surface area (Å²) in [5.41, 5.74) is 1.82. The van der Waals surface area contributed by atoms with Crippen molar-refractivity contribution < 1.29 is 23.8 Å². The molecular formula is C26H27NO5S2. The molecule has 3 rings (SSSR count). The molecule has 34 heavy (non-hydrogen) atoms. The molecule has 8 heteroatoms. The highest BCUT2D eigenvalue weighted by Gasteiger charge is 2.18. The molecule has 3 aromatic rings. The van der Waals surface area contributed by atoms with E-state index in [1.54, 1.807) is 49.4 Å². The molecule has 1 N–H and O–H groups in total. The summed E-state index contributed by atoms with van der Waals surface area (Å²) in [6.45, 7) is 4.37. The summed E-state index contributed by atoms with van der Waals surface area (Å²) < 4.78 is 12.6. The molecule has 0 aliphatic rings. The van der Waals surface area contributed by atoms with Crippen LogP contribution in [-0.2, 0) is 11.3 Å². The van der Waals surface area contributed by atoms with Crippen molar-refractivity contribution in [3.63, 3.8) is 0 Å². The molecule has 178 valence electrons. The number of thiocarbonyl (C=S) groups is 1. The van der Waals surface area contributed by atoms with Gasteiger partial charge in [-0.05, 0) is 30.3 Å². The fourth-order valence-corrected chi connectivity index (χ4v) is 3.89. The summed E-state index contributed by atoms with van der Waals surface area (Å²) >= 11 is 6.10. The Labute approximate surface area is 209 Å². The van der Waals surface area contributed by atoms with Crippen LogP contribution in [0.2, 0.25) is 0 Å². The second-order valence-electron chi connectivity index (χ2n) is 6.78. The minimum Gasteiger partial charge on any atom is -0.496 e. The Morgan fingerprint density at radius 3 is 2.38 bits per heavy atom. The minimum absolute atomic E-state index is 0.198. The summed E-state index contributed by atoms with van der Waals surface area (Å²) in [7, 11) is 3.31. The smallest absolute Gasteiger partial charge is 0.335 e. The third-order valence-electron chi connectivity index (χ3n) is 4.65. The Hall–Kier alpha value is -3.36. The number of furan rings is 1. The van der Waals surface area contributed by atoms with E-state index in [1.807, 2.05) is 38.1 Å². The van der Waals surface area contributed by atoms with Crippen LogP contribution < -0.4 is 4.74 Å². The van der Waals surface area contributed by atoms with E-state index >= 15 is 0 Å². The van der Waals surface area contributed by atoms with E-state index in [-0.39, 0.29) is 11.5 Å². The van der Waals surface area contributed by atoms with Crippen molar-refractivity contribution in [3.05, 3.63) is 82.5 Å². The van der Waals surface area contributed by atoms with Crippen molar-refractivity contribution in [2.75, 3.05) is 14.2 Å². The topological polar surface area (TPSA) is 80.0 Å². The standard InChI is InChI=1S/C24H21NO5S2.C2H6/c1-25(14-18-5-3-4-6-20(18)29-2)23(26)22(32-15-31)13-19-11-12-21(30-19)16-7-9-17(10-8-16)24(27)28;1-2/h3-13,15H,14H2,1-2H3,(H,27,28);1-2H3/b22-13-;. The monoisotopic (exact) mass is 497 g/mol. The maximum atomic E-state index is 13.1. The molecule has 6 nitrogen and oxygen atoms in total. The molecule has 0 saturated carbocycles. The van der Waals surface area contributed by atoms with Crippen molar-refractivity contribution in [2.45, 2.75) is 20.4 Å². The van der Waals surface area contributed by atoms with Crippen LogP contribution in [0.3, 0.4) is 0 Å². The first kappa shape index (κ1) is 26.9. The normalized spacial score (nSPS) is 10.6. The Bertz CT molecular complexity index is 1150. The number of ether oxygens (including phenoxy) is 1. The number of rotatable bonds is 9. The van der Waals surface area contributed by atoms with E-state index in [9.17, 15) is 9.59 Å². The van der Waals surface area contributed by atoms with Gasteiger partial charge < -0.3 is 19.2 Å². The number of nitrogens with zero attached hydrogens (tertiary/aromatic N) is 1. The number of carbonyl (C=O) groups excluding carboxylic acids is 1. The number of para-hydroxylation sites is 1. The number of thioether (sulfide) groups is 1. The minimum atomic E-state index is -0.989. The number of hydrogen-bond donors (Lipinski definition) is 1. The van der Waals surface area contributed by atoms with Crippen molar-refractivity contribution in [2.24, 2.45) is 0 Å². The predicted molar refractivity (Wildman–Crippen MR) is 141 cm³/mol. The maximum Gasteiger partial charge on any atom is 0.335 e. The fourth-order valence-electron chi connectivity index (χ4n) is 3.04. The number of amides is 1. The molecule has 0 atom stereocenters. The highest BCUT2D eigenvalue weighted by atomic mass is 32.2. The van der Waals surface area contributed by atoms with Crippen LogP contribution in [0.15, 0.2) is 70.0 Å². The molecule has 1 amide bonds. The molecule has 2 aromatic carbocycles. The number of carboxylic acids is 1. The van der Waals surface area contributed by atoms with Gasteiger partial charge in [0, 0.05) is 35.5 Å². The SMILES string of the molecule is CC.COc1ccccc1CN(C)C(=O)/C(=C/c1ccc(-c2ccc(C(=O)O)cc2)o1)SC=S. The quantitative estimate of drug-likeness (QED) is 0.272. The van der Waals surface area contributed by atoms with Gasteiger partial charge in [-0.2, -0.15) is 0 Å². The molecule has 0 radical (unpaired) electrons. The third kappa shape index (κ3) is 7.07. The second kappa shape index (κ2) is 13.4. The van der Waals surface area contributed by atoms with Gasteiger partial charge in [-0.25, -0.2) is 4.79 Å². The summed E-state index contributed by atoms with van der Waals surface area (Å²) in [6.07, 6.45) is 1.64. The lowest BCUT2D eigenvalue weighted by Gasteiger charge is -2.19. The van der Waals surface area contributed by atoms with Crippen LogP contribution >= 0.6 is 24.0 Å². The number of aromatic carboxylic acids is 1. The van der Waals surface area contributed by atoms with E-state index in [2.05, 4.69) is 0 Å². The second-order valence-corrected chi connectivity index (χ2v) is 8.23. The van der Waals surface area contributed by atoms with Crippen molar-refractivity contribution >= 4 is 46.6 Å². The number of carbonyl (C=O) groups is 2. The Balaban J connectivity index is 0.00000199. The molecule has 1 heterocycles. The van der Waals surface area contributed by atoms with E-state index in [0.29, 0.717) is 28.7 Å². The molecule has 0 fully saturated rings. The molecule has 0 aliphatic heterocycles. The first-order valence-electron chi connectivity index (χ1n) is 10.6. The Kier molecular flexibility index (Phi) is 10.6. The number of likely N-dealkylation sites (N-methyl/N-ethyl adjacent to an activating group) is 1. The maximum absolute atomic E-state index is 13.1. The van der Waals surface area contributed by atoms with Gasteiger partial charge in [0.2, 0.25) is 0 Å². The van der Waals surface area contributed by atoms with Crippen LogP contribution in [0, 0.1) is 0 Å². The van der Waals surface area contributed by atoms with Gasteiger partial charge in [-0.3, -0.25) is 4.79 Å². The van der Waals surface area contributed by atoms with Gasteiger partial charge in [0.1, 0.15) is 17.3 Å². The van der Waals surface area contributed by atoms with Crippen LogP contribution in [0.4, 0.5) is 0 Å². The molecule has 0 unspecified atom stereocenters. The molecule has 0 spiro atoms. The first-order chi connectivity index (χ1) is 16.4. The lowest BCUT2D eigenvalue weighted by Crippen LogP contribution is -2.27. The Morgan fingerprint density at radius 2 is 1.76 bits per heavy atom. The van der Waals surface area contributed by atoms with E-state index in [0.717, 1.165) is 22.9 Å². The summed E-state index contributed by atoms with van der Waals surface area (Å²) in [5.74, 6) is 0.572. The molecule has 1 aromatic heterocycles. The van der Waals surface area contributed by atoms with Crippen LogP contribution in [0.1, 0.15) is 35.5 Å². The van der Waals surface area contributed by atoms with Gasteiger partial charge in [-0.15, -0.1) is 0 Å². The summed E-state index contributed by atoms with van der Waals surface area (Å²) in [6, 6.07) is 17.4. The average molecular weight is 498 g/mol. The molecule has 0 saturated heterocycles.